The van der Waals surface area contributed by atoms with E-state index in [9.17, 15) is 18.4 Å². The zero-order valence-corrected chi connectivity index (χ0v) is 19.5. The second-order valence-electron chi connectivity index (χ2n) is 9.05. The first kappa shape index (κ1) is 23.0. The number of benzene rings is 2. The number of aryl methyl sites for hydroxylation is 1. The van der Waals surface area contributed by atoms with Crippen molar-refractivity contribution >= 4 is 28.2 Å². The lowest BCUT2D eigenvalue weighted by molar-refractivity contribution is -0.140. The van der Waals surface area contributed by atoms with Crippen LogP contribution in [0.15, 0.2) is 42.6 Å². The van der Waals surface area contributed by atoms with Crippen LogP contribution in [0.4, 0.5) is 24.8 Å². The highest BCUT2D eigenvalue weighted by Gasteiger charge is 2.35. The molecule has 9 heteroatoms. The minimum absolute atomic E-state index is 0.248. The summed E-state index contributed by atoms with van der Waals surface area (Å²) in [5, 5.41) is 13.4. The van der Waals surface area contributed by atoms with E-state index in [0.717, 1.165) is 49.7 Å². The number of fused-ring (bicyclic) bond motifs is 3. The second kappa shape index (κ2) is 8.77. The lowest BCUT2D eigenvalue weighted by Crippen LogP contribution is -2.32. The Morgan fingerprint density at radius 2 is 1.83 bits per heavy atom. The van der Waals surface area contributed by atoms with Crippen LogP contribution in [0.5, 0.6) is 0 Å². The number of nitrogens with one attached hydrogen (secondary N) is 1. The van der Waals surface area contributed by atoms with Gasteiger partial charge in [0.05, 0.1) is 22.8 Å². The highest BCUT2D eigenvalue weighted by Crippen LogP contribution is 2.36. The zero-order chi connectivity index (χ0) is 24.7. The molecule has 1 aliphatic rings. The van der Waals surface area contributed by atoms with E-state index in [1.807, 2.05) is 43.0 Å². The Morgan fingerprint density at radius 1 is 1.09 bits per heavy atom. The van der Waals surface area contributed by atoms with Crippen molar-refractivity contribution in [3.05, 3.63) is 65.0 Å². The minimum atomic E-state index is -4.56. The molecule has 0 radical (unpaired) electrons. The van der Waals surface area contributed by atoms with Gasteiger partial charge in [0.2, 0.25) is 5.95 Å². The topological polar surface area (TPSA) is 69.2 Å². The Hall–Kier alpha value is -3.80. The van der Waals surface area contributed by atoms with Gasteiger partial charge >= 0.3 is 6.18 Å². The summed E-state index contributed by atoms with van der Waals surface area (Å²) in [6.07, 6.45) is -0.482. The molecular weight excluding hydrogens is 453 g/mol. The molecule has 4 aromatic rings. The third kappa shape index (κ3) is 4.25. The SMILES string of the molecule is Cc1cc(C(C)Nc2ccccc2C#N)c2nc(N3CCCCC3)n3cc(C(F)(F)F)nc3c2c1. The highest BCUT2D eigenvalue weighted by atomic mass is 19.4. The first-order valence-electron chi connectivity index (χ1n) is 11.7. The fraction of sp³-hybridized carbons (Fsp3) is 0.346. The maximum Gasteiger partial charge on any atom is 0.434 e. The van der Waals surface area contributed by atoms with E-state index < -0.39 is 11.9 Å². The van der Waals surface area contributed by atoms with Gasteiger partial charge < -0.3 is 10.2 Å². The lowest BCUT2D eigenvalue weighted by atomic mass is 10.0. The molecule has 2 aromatic heterocycles. The van der Waals surface area contributed by atoms with Gasteiger partial charge in [-0.1, -0.05) is 18.2 Å². The standard InChI is InChI=1S/C26H25F3N6/c1-16-12-19(17(2)31-21-9-5-4-8-18(21)14-30)23-20(13-16)24-32-22(26(27,28)29)15-35(24)25(33-23)34-10-6-3-7-11-34/h4-5,8-9,12-13,15,17,31H,3,6-7,10-11H2,1-2H3. The number of piperidine rings is 1. The van der Waals surface area contributed by atoms with Crippen LogP contribution < -0.4 is 10.2 Å². The van der Waals surface area contributed by atoms with Gasteiger partial charge in [-0.3, -0.25) is 4.40 Å². The van der Waals surface area contributed by atoms with E-state index in [1.54, 1.807) is 12.1 Å². The molecule has 35 heavy (non-hydrogen) atoms. The Labute approximate surface area is 201 Å². The molecule has 180 valence electrons. The number of nitrogens with zero attached hydrogens (tertiary/aromatic N) is 5. The van der Waals surface area contributed by atoms with Gasteiger partial charge in [-0.05, 0) is 56.9 Å². The van der Waals surface area contributed by atoms with Crippen molar-refractivity contribution in [3.63, 3.8) is 0 Å². The van der Waals surface area contributed by atoms with Crippen LogP contribution in [0, 0.1) is 18.3 Å². The molecule has 6 nitrogen and oxygen atoms in total. The van der Waals surface area contributed by atoms with E-state index >= 15 is 0 Å². The Balaban J connectivity index is 1.72. The largest absolute Gasteiger partial charge is 0.434 e. The molecule has 1 atom stereocenters. The zero-order valence-electron chi connectivity index (χ0n) is 19.5. The minimum Gasteiger partial charge on any atom is -0.377 e. The van der Waals surface area contributed by atoms with Crippen molar-refractivity contribution in [3.8, 4) is 6.07 Å². The van der Waals surface area contributed by atoms with Gasteiger partial charge in [-0.15, -0.1) is 0 Å². The average Bonchev–Trinajstić information content (AvgIpc) is 3.31. The molecule has 1 aliphatic heterocycles. The van der Waals surface area contributed by atoms with Crippen LogP contribution in [0.1, 0.15) is 54.6 Å². The molecule has 1 N–H and O–H groups in total. The van der Waals surface area contributed by atoms with Crippen LogP contribution >= 0.6 is 0 Å². The molecular formula is C26H25F3N6. The number of aromatic nitrogens is 3. The summed E-state index contributed by atoms with van der Waals surface area (Å²) >= 11 is 0. The molecule has 0 saturated carbocycles. The number of imidazole rings is 1. The molecule has 1 fully saturated rings. The van der Waals surface area contributed by atoms with Crippen LogP contribution in [-0.2, 0) is 6.18 Å². The van der Waals surface area contributed by atoms with Crippen molar-refractivity contribution in [1.82, 2.24) is 14.4 Å². The summed E-state index contributed by atoms with van der Waals surface area (Å²) in [5.74, 6) is 0.477. The van der Waals surface area contributed by atoms with Crippen molar-refractivity contribution in [2.45, 2.75) is 45.3 Å². The number of rotatable bonds is 4. The molecule has 2 aromatic carbocycles. The molecule has 1 saturated heterocycles. The second-order valence-corrected chi connectivity index (χ2v) is 9.05. The summed E-state index contributed by atoms with van der Waals surface area (Å²) in [5.41, 5.74) is 2.86. The summed E-state index contributed by atoms with van der Waals surface area (Å²) < 4.78 is 42.5. The third-order valence-corrected chi connectivity index (χ3v) is 6.47. The number of hydrogen-bond donors (Lipinski definition) is 1. The van der Waals surface area contributed by atoms with Gasteiger partial charge in [-0.25, -0.2) is 9.97 Å². The van der Waals surface area contributed by atoms with Gasteiger partial charge in [0.25, 0.3) is 0 Å². The van der Waals surface area contributed by atoms with Gasteiger partial charge in [0, 0.05) is 30.2 Å². The smallest absolute Gasteiger partial charge is 0.377 e. The number of nitriles is 1. The average molecular weight is 479 g/mol. The highest BCUT2D eigenvalue weighted by molar-refractivity contribution is 5.95. The predicted molar refractivity (Wildman–Crippen MR) is 129 cm³/mol. The Morgan fingerprint density at radius 3 is 2.54 bits per heavy atom. The Kier molecular flexibility index (Phi) is 5.75. The first-order chi connectivity index (χ1) is 16.8. The number of anilines is 2. The van der Waals surface area contributed by atoms with E-state index in [-0.39, 0.29) is 11.7 Å². The summed E-state index contributed by atoms with van der Waals surface area (Å²) in [6.45, 7) is 5.33. The molecule has 1 unspecified atom stereocenters. The monoisotopic (exact) mass is 478 g/mol. The number of hydrogen-bond acceptors (Lipinski definition) is 5. The fourth-order valence-electron chi connectivity index (χ4n) is 4.78. The van der Waals surface area contributed by atoms with E-state index in [4.69, 9.17) is 4.98 Å². The van der Waals surface area contributed by atoms with Crippen molar-refractivity contribution in [1.29, 1.82) is 5.26 Å². The van der Waals surface area contributed by atoms with Gasteiger partial charge in [-0.2, -0.15) is 18.4 Å². The van der Waals surface area contributed by atoms with Crippen LogP contribution in [0.25, 0.3) is 16.6 Å². The normalized spacial score (nSPS) is 15.4. The number of alkyl halides is 3. The maximum atomic E-state index is 13.7. The Bertz CT molecular complexity index is 1440. The third-order valence-electron chi connectivity index (χ3n) is 6.47. The molecule has 5 rings (SSSR count). The molecule has 0 aliphatic carbocycles. The first-order valence-corrected chi connectivity index (χ1v) is 11.7. The summed E-state index contributed by atoms with van der Waals surface area (Å²) in [7, 11) is 0. The molecule has 0 bridgehead atoms. The van der Waals surface area contributed by atoms with Crippen LogP contribution in [0.3, 0.4) is 0 Å². The molecule has 3 heterocycles. The van der Waals surface area contributed by atoms with Crippen molar-refractivity contribution in [2.75, 3.05) is 23.3 Å². The van der Waals surface area contributed by atoms with Gasteiger partial charge in [0.1, 0.15) is 11.7 Å². The van der Waals surface area contributed by atoms with E-state index in [1.165, 1.54) is 4.40 Å². The van der Waals surface area contributed by atoms with Gasteiger partial charge in [0.15, 0.2) is 5.69 Å². The quantitative estimate of drug-likeness (QED) is 0.376. The number of para-hydroxylation sites is 1. The fourth-order valence-corrected chi connectivity index (χ4v) is 4.78. The van der Waals surface area contributed by atoms with Crippen molar-refractivity contribution in [2.24, 2.45) is 0 Å². The van der Waals surface area contributed by atoms with E-state index in [2.05, 4.69) is 16.4 Å². The van der Waals surface area contributed by atoms with Crippen LogP contribution in [-0.4, -0.2) is 27.5 Å². The van der Waals surface area contributed by atoms with Crippen molar-refractivity contribution < 1.29 is 13.2 Å². The van der Waals surface area contributed by atoms with Crippen LogP contribution in [0.2, 0.25) is 0 Å². The lowest BCUT2D eigenvalue weighted by Gasteiger charge is -2.29. The summed E-state index contributed by atoms with van der Waals surface area (Å²) in [6, 6.07) is 13.0. The molecule has 0 spiro atoms. The maximum absolute atomic E-state index is 13.7. The predicted octanol–water partition coefficient (Wildman–Crippen LogP) is 6.24. The number of halogens is 3. The molecule has 0 amide bonds. The van der Waals surface area contributed by atoms with E-state index in [0.29, 0.717) is 28.1 Å². The summed E-state index contributed by atoms with van der Waals surface area (Å²) in [4.78, 5) is 11.0.